The molecule has 1 aliphatic heterocycles. The second-order valence-electron chi connectivity index (χ2n) is 7.24. The molecule has 6 nitrogen and oxygen atoms in total. The summed E-state index contributed by atoms with van der Waals surface area (Å²) in [6.45, 7) is 2.40. The molecule has 1 aliphatic rings. The van der Waals surface area contributed by atoms with Gasteiger partial charge in [0.15, 0.2) is 11.6 Å². The Morgan fingerprint density at radius 1 is 1.13 bits per heavy atom. The Morgan fingerprint density at radius 2 is 1.90 bits per heavy atom. The summed E-state index contributed by atoms with van der Waals surface area (Å²) < 4.78 is 34.8. The summed E-state index contributed by atoms with van der Waals surface area (Å²) in [5.74, 6) is -1.21. The number of nitrogens with zero attached hydrogens (tertiary/aromatic N) is 4. The van der Waals surface area contributed by atoms with E-state index < -0.39 is 11.6 Å². The zero-order chi connectivity index (χ0) is 22.0. The predicted molar refractivity (Wildman–Crippen MR) is 113 cm³/mol. The van der Waals surface area contributed by atoms with Gasteiger partial charge in [-0.15, -0.1) is 0 Å². The molecule has 31 heavy (non-hydrogen) atoms. The predicted octanol–water partition coefficient (Wildman–Crippen LogP) is 4.65. The van der Waals surface area contributed by atoms with E-state index in [9.17, 15) is 13.6 Å². The summed E-state index contributed by atoms with van der Waals surface area (Å²) in [7, 11) is 0. The number of hydrogen-bond donors (Lipinski definition) is 0. The van der Waals surface area contributed by atoms with Crippen LogP contribution in [0.4, 0.5) is 8.78 Å². The lowest BCUT2D eigenvalue weighted by molar-refractivity contribution is 0.0266. The second kappa shape index (κ2) is 9.05. The molecule has 3 heterocycles. The van der Waals surface area contributed by atoms with Gasteiger partial charge in [0, 0.05) is 23.3 Å². The molecular weight excluding hydrogens is 470 g/mol. The average molecular weight is 489 g/mol. The molecule has 1 amide bonds. The lowest BCUT2D eigenvalue weighted by atomic mass is 9.97. The number of likely N-dealkylation sites (tertiary alicyclic amines) is 1. The summed E-state index contributed by atoms with van der Waals surface area (Å²) in [6, 6.07) is 7.54. The van der Waals surface area contributed by atoms with Gasteiger partial charge in [-0.25, -0.2) is 23.7 Å². The van der Waals surface area contributed by atoms with E-state index >= 15 is 0 Å². The molecule has 9 heteroatoms. The Morgan fingerprint density at radius 3 is 2.61 bits per heavy atom. The van der Waals surface area contributed by atoms with Crippen molar-refractivity contribution in [2.75, 3.05) is 6.54 Å². The number of carbonyl (C=O) groups is 1. The lowest BCUT2D eigenvalue weighted by Gasteiger charge is -2.39. The highest BCUT2D eigenvalue weighted by Gasteiger charge is 2.34. The van der Waals surface area contributed by atoms with Crippen LogP contribution in [-0.4, -0.2) is 44.4 Å². The number of piperidine rings is 1. The van der Waals surface area contributed by atoms with Crippen molar-refractivity contribution in [3.8, 4) is 17.3 Å². The Hall–Kier alpha value is -2.94. The highest BCUT2D eigenvalue weighted by atomic mass is 79.9. The Kier molecular flexibility index (Phi) is 6.22. The SMILES string of the molecule is CC1C(Oc2ccc(Br)cn2)CCCN1C(=O)c1cccc(F)c1-c1ncc(F)cn1. The number of hydrogen-bond acceptors (Lipinski definition) is 5. The number of carbonyl (C=O) groups excluding carboxylic acids is 1. The molecule has 160 valence electrons. The van der Waals surface area contributed by atoms with Crippen LogP contribution in [0.1, 0.15) is 30.1 Å². The van der Waals surface area contributed by atoms with Gasteiger partial charge in [-0.2, -0.15) is 0 Å². The van der Waals surface area contributed by atoms with Crippen molar-refractivity contribution in [2.24, 2.45) is 0 Å². The quantitative estimate of drug-likeness (QED) is 0.534. The number of aromatic nitrogens is 3. The molecule has 2 unspecified atom stereocenters. The lowest BCUT2D eigenvalue weighted by Crippen LogP contribution is -2.51. The molecule has 3 aromatic rings. The number of benzene rings is 1. The van der Waals surface area contributed by atoms with Crippen molar-refractivity contribution in [1.82, 2.24) is 19.9 Å². The number of halogens is 3. The number of pyridine rings is 1. The summed E-state index contributed by atoms with van der Waals surface area (Å²) >= 11 is 3.34. The average Bonchev–Trinajstić information content (AvgIpc) is 2.77. The van der Waals surface area contributed by atoms with Crippen LogP contribution in [0.3, 0.4) is 0 Å². The minimum absolute atomic E-state index is 0.0422. The molecular formula is C22H19BrF2N4O2. The molecule has 4 rings (SSSR count). The standard InChI is InChI=1S/C22H19BrF2N4O2/c1-13-18(31-19-8-7-14(23)10-26-19)6-3-9-29(13)22(30)16-4-2-5-17(25)20(16)21-27-11-15(24)12-28-21/h2,4-5,7-8,10-13,18H,3,6,9H2,1H3. The monoisotopic (exact) mass is 488 g/mol. The number of amides is 1. The van der Waals surface area contributed by atoms with E-state index in [2.05, 4.69) is 30.9 Å². The first-order valence-electron chi connectivity index (χ1n) is 9.79. The highest BCUT2D eigenvalue weighted by molar-refractivity contribution is 9.10. The van der Waals surface area contributed by atoms with Crippen molar-refractivity contribution in [3.63, 3.8) is 0 Å². The van der Waals surface area contributed by atoms with Gasteiger partial charge in [-0.1, -0.05) is 6.07 Å². The van der Waals surface area contributed by atoms with Crippen LogP contribution >= 0.6 is 15.9 Å². The van der Waals surface area contributed by atoms with Gasteiger partial charge in [-0.05, 0) is 53.9 Å². The van der Waals surface area contributed by atoms with Crippen molar-refractivity contribution >= 4 is 21.8 Å². The summed E-state index contributed by atoms with van der Waals surface area (Å²) in [6.07, 6.45) is 4.77. The minimum Gasteiger partial charge on any atom is -0.472 e. The first-order valence-corrected chi connectivity index (χ1v) is 10.6. The van der Waals surface area contributed by atoms with Crippen molar-refractivity contribution in [1.29, 1.82) is 0 Å². The minimum atomic E-state index is -0.644. The van der Waals surface area contributed by atoms with Crippen molar-refractivity contribution in [3.05, 3.63) is 70.6 Å². The molecule has 1 saturated heterocycles. The van der Waals surface area contributed by atoms with E-state index in [0.717, 1.165) is 29.7 Å². The maximum atomic E-state index is 14.7. The fourth-order valence-electron chi connectivity index (χ4n) is 3.67. The van der Waals surface area contributed by atoms with Crippen LogP contribution in [0.25, 0.3) is 11.4 Å². The third kappa shape index (κ3) is 4.56. The number of rotatable bonds is 4. The summed E-state index contributed by atoms with van der Waals surface area (Å²) in [5.41, 5.74) is 0.0817. The first-order chi connectivity index (χ1) is 14.9. The van der Waals surface area contributed by atoms with E-state index in [1.807, 2.05) is 13.0 Å². The van der Waals surface area contributed by atoms with Crippen LogP contribution in [0, 0.1) is 11.6 Å². The van der Waals surface area contributed by atoms with E-state index in [-0.39, 0.29) is 35.0 Å². The zero-order valence-corrected chi connectivity index (χ0v) is 18.2. The van der Waals surface area contributed by atoms with E-state index in [1.54, 1.807) is 17.2 Å². The molecule has 0 N–H and O–H groups in total. The zero-order valence-electron chi connectivity index (χ0n) is 16.6. The van der Waals surface area contributed by atoms with Gasteiger partial charge < -0.3 is 9.64 Å². The smallest absolute Gasteiger partial charge is 0.255 e. The van der Waals surface area contributed by atoms with Crippen molar-refractivity contribution in [2.45, 2.75) is 31.9 Å². The largest absolute Gasteiger partial charge is 0.472 e. The van der Waals surface area contributed by atoms with Gasteiger partial charge in [0.1, 0.15) is 11.9 Å². The van der Waals surface area contributed by atoms with Gasteiger partial charge >= 0.3 is 0 Å². The molecule has 1 aromatic carbocycles. The van der Waals surface area contributed by atoms with Gasteiger partial charge in [-0.3, -0.25) is 4.79 Å². The van der Waals surface area contributed by atoms with Crippen LogP contribution in [0.15, 0.2) is 53.4 Å². The maximum absolute atomic E-state index is 14.7. The normalized spacial score (nSPS) is 18.6. The fourth-order valence-corrected chi connectivity index (χ4v) is 3.90. The van der Waals surface area contributed by atoms with E-state index in [1.165, 1.54) is 18.2 Å². The van der Waals surface area contributed by atoms with E-state index in [0.29, 0.717) is 12.4 Å². The summed E-state index contributed by atoms with van der Waals surface area (Å²) in [5, 5.41) is 0. The molecule has 1 fully saturated rings. The molecule has 0 bridgehead atoms. The molecule has 2 atom stereocenters. The van der Waals surface area contributed by atoms with Gasteiger partial charge in [0.2, 0.25) is 5.88 Å². The van der Waals surface area contributed by atoms with Gasteiger partial charge in [0.25, 0.3) is 5.91 Å². The third-order valence-electron chi connectivity index (χ3n) is 5.24. The Bertz CT molecular complexity index is 1080. The summed E-state index contributed by atoms with van der Waals surface area (Å²) in [4.78, 5) is 27.0. The topological polar surface area (TPSA) is 68.2 Å². The first kappa shape index (κ1) is 21.3. The van der Waals surface area contributed by atoms with E-state index in [4.69, 9.17) is 4.74 Å². The third-order valence-corrected chi connectivity index (χ3v) is 5.71. The maximum Gasteiger partial charge on any atom is 0.255 e. The molecule has 0 aliphatic carbocycles. The Balaban J connectivity index is 1.61. The van der Waals surface area contributed by atoms with Crippen LogP contribution in [0.5, 0.6) is 5.88 Å². The molecule has 0 spiro atoms. The Labute approximate surface area is 186 Å². The molecule has 0 radical (unpaired) electrons. The van der Waals surface area contributed by atoms with Crippen molar-refractivity contribution < 1.29 is 18.3 Å². The second-order valence-corrected chi connectivity index (χ2v) is 8.16. The van der Waals surface area contributed by atoms with Crippen LogP contribution in [0.2, 0.25) is 0 Å². The highest BCUT2D eigenvalue weighted by Crippen LogP contribution is 2.29. The number of ether oxygens (including phenoxy) is 1. The van der Waals surface area contributed by atoms with Crippen LogP contribution < -0.4 is 4.74 Å². The van der Waals surface area contributed by atoms with Gasteiger partial charge in [0.05, 0.1) is 29.6 Å². The fraction of sp³-hybridized carbons (Fsp3) is 0.273. The molecule has 2 aromatic heterocycles. The molecule has 0 saturated carbocycles. The van der Waals surface area contributed by atoms with Crippen LogP contribution in [-0.2, 0) is 0 Å².